The molecule has 1 heterocycles. The van der Waals surface area contributed by atoms with Gasteiger partial charge in [0.1, 0.15) is 0 Å². The lowest BCUT2D eigenvalue weighted by molar-refractivity contribution is 0.805. The first kappa shape index (κ1) is 11.3. The van der Waals surface area contributed by atoms with Crippen LogP contribution in [0.3, 0.4) is 0 Å². The average molecular weight is 251 g/mol. The largest absolute Gasteiger partial charge is 0.321 e. The highest BCUT2D eigenvalue weighted by Crippen LogP contribution is 2.27. The molecule has 2 aromatic carbocycles. The minimum atomic E-state index is -0.231. The van der Waals surface area contributed by atoms with E-state index < -0.39 is 0 Å². The predicted octanol–water partition coefficient (Wildman–Crippen LogP) is 2.22. The van der Waals surface area contributed by atoms with E-state index in [4.69, 9.17) is 5.84 Å². The summed E-state index contributed by atoms with van der Waals surface area (Å²) in [6.45, 7) is 0. The molecule has 3 N–H and O–H groups in total. The molecule has 4 heteroatoms. The first-order valence-electron chi connectivity index (χ1n) is 5.98. The molecule has 94 valence electrons. The summed E-state index contributed by atoms with van der Waals surface area (Å²) in [5.41, 5.74) is 2.88. The zero-order valence-corrected chi connectivity index (χ0v) is 10.2. The Bertz CT molecular complexity index is 742. The minimum Gasteiger partial charge on any atom is -0.321 e. The number of nitrogens with zero attached hydrogens (tertiary/aromatic N) is 1. The lowest BCUT2D eigenvalue weighted by Gasteiger charge is -2.02. The van der Waals surface area contributed by atoms with Crippen molar-refractivity contribution in [1.82, 2.24) is 9.89 Å². The van der Waals surface area contributed by atoms with E-state index in [0.717, 1.165) is 21.6 Å². The van der Waals surface area contributed by atoms with Gasteiger partial charge in [-0.15, -0.1) is 0 Å². The molecule has 0 unspecified atom stereocenters. The maximum Gasteiger partial charge on any atom is 0.293 e. The number of rotatable bonds is 2. The number of hydrogen-bond donors (Lipinski definition) is 2. The smallest absolute Gasteiger partial charge is 0.293 e. The Morgan fingerprint density at radius 1 is 0.842 bits per heavy atom. The standard InChI is InChI=1S/C15H13N3O/c16-18-15(19)13(11-7-3-1-4-8-11)14(17-18)12-9-5-2-6-10-12/h1-10,17H,16H2. The van der Waals surface area contributed by atoms with Gasteiger partial charge in [-0.05, 0) is 5.56 Å². The van der Waals surface area contributed by atoms with Crippen LogP contribution in [0.5, 0.6) is 0 Å². The van der Waals surface area contributed by atoms with Gasteiger partial charge < -0.3 is 5.84 Å². The third-order valence-electron chi connectivity index (χ3n) is 3.04. The summed E-state index contributed by atoms with van der Waals surface area (Å²) in [5, 5.41) is 2.91. The number of benzene rings is 2. The van der Waals surface area contributed by atoms with Crippen LogP contribution in [0, 0.1) is 0 Å². The molecule has 0 aliphatic heterocycles. The van der Waals surface area contributed by atoms with Gasteiger partial charge in [0.05, 0.1) is 11.3 Å². The van der Waals surface area contributed by atoms with Crippen LogP contribution in [0.2, 0.25) is 0 Å². The van der Waals surface area contributed by atoms with Gasteiger partial charge in [0.15, 0.2) is 0 Å². The molecule has 1 aromatic heterocycles. The highest BCUT2D eigenvalue weighted by Gasteiger charge is 2.15. The summed E-state index contributed by atoms with van der Waals surface area (Å²) in [6.07, 6.45) is 0. The molecular formula is C15H13N3O. The van der Waals surface area contributed by atoms with E-state index in [0.29, 0.717) is 5.56 Å². The molecule has 0 aliphatic rings. The fraction of sp³-hybridized carbons (Fsp3) is 0. The Balaban J connectivity index is 2.28. The summed E-state index contributed by atoms with van der Waals surface area (Å²) < 4.78 is 0. The molecule has 0 saturated heterocycles. The molecule has 0 spiro atoms. The molecule has 0 bridgehead atoms. The molecule has 0 fully saturated rings. The number of nitrogens with two attached hydrogens (primary N) is 1. The topological polar surface area (TPSA) is 63.8 Å². The lowest BCUT2D eigenvalue weighted by Crippen LogP contribution is -2.24. The Morgan fingerprint density at radius 3 is 1.95 bits per heavy atom. The lowest BCUT2D eigenvalue weighted by atomic mass is 10.0. The SMILES string of the molecule is Nn1[nH]c(-c2ccccc2)c(-c2ccccc2)c1=O. The average Bonchev–Trinajstić information content (AvgIpc) is 2.77. The maximum atomic E-state index is 12.2. The van der Waals surface area contributed by atoms with Crippen LogP contribution >= 0.6 is 0 Å². The zero-order valence-electron chi connectivity index (χ0n) is 10.2. The fourth-order valence-corrected chi connectivity index (χ4v) is 2.14. The minimum absolute atomic E-state index is 0.231. The highest BCUT2D eigenvalue weighted by atomic mass is 16.1. The van der Waals surface area contributed by atoms with E-state index in [2.05, 4.69) is 5.10 Å². The highest BCUT2D eigenvalue weighted by molar-refractivity contribution is 5.80. The number of nitrogen functional groups attached to an aromatic ring is 1. The second-order valence-electron chi connectivity index (χ2n) is 4.27. The van der Waals surface area contributed by atoms with Gasteiger partial charge >= 0.3 is 0 Å². The first-order valence-corrected chi connectivity index (χ1v) is 5.98. The van der Waals surface area contributed by atoms with Crippen LogP contribution in [-0.4, -0.2) is 9.89 Å². The van der Waals surface area contributed by atoms with Gasteiger partial charge in [-0.3, -0.25) is 9.89 Å². The van der Waals surface area contributed by atoms with E-state index in [-0.39, 0.29) is 5.56 Å². The first-order chi connectivity index (χ1) is 9.27. The monoisotopic (exact) mass is 251 g/mol. The van der Waals surface area contributed by atoms with Gasteiger partial charge in [-0.2, -0.15) is 4.79 Å². The molecule has 19 heavy (non-hydrogen) atoms. The number of nitrogens with one attached hydrogen (secondary N) is 1. The van der Waals surface area contributed by atoms with Crippen LogP contribution in [-0.2, 0) is 0 Å². The third-order valence-corrected chi connectivity index (χ3v) is 3.04. The van der Waals surface area contributed by atoms with Crippen LogP contribution in [0.15, 0.2) is 65.5 Å². The summed E-state index contributed by atoms with van der Waals surface area (Å²) in [7, 11) is 0. The second kappa shape index (κ2) is 4.49. The summed E-state index contributed by atoms with van der Waals surface area (Å²) in [5.74, 6) is 5.66. The van der Waals surface area contributed by atoms with Gasteiger partial charge in [0.25, 0.3) is 5.56 Å². The summed E-state index contributed by atoms with van der Waals surface area (Å²) >= 11 is 0. The van der Waals surface area contributed by atoms with Crippen molar-refractivity contribution in [2.45, 2.75) is 0 Å². The van der Waals surface area contributed by atoms with Crippen molar-refractivity contribution in [3.8, 4) is 22.4 Å². The summed E-state index contributed by atoms with van der Waals surface area (Å²) in [6, 6.07) is 19.2. The molecule has 0 saturated carbocycles. The quantitative estimate of drug-likeness (QED) is 0.686. The van der Waals surface area contributed by atoms with Crippen LogP contribution in [0.4, 0.5) is 0 Å². The molecule has 0 amide bonds. The van der Waals surface area contributed by atoms with Gasteiger partial charge in [-0.1, -0.05) is 60.7 Å². The number of aromatic amines is 1. The van der Waals surface area contributed by atoms with E-state index >= 15 is 0 Å². The molecular weight excluding hydrogens is 238 g/mol. The van der Waals surface area contributed by atoms with Crippen molar-refractivity contribution in [3.05, 3.63) is 71.0 Å². The van der Waals surface area contributed by atoms with Crippen molar-refractivity contribution in [1.29, 1.82) is 0 Å². The predicted molar refractivity (Wildman–Crippen MR) is 76.1 cm³/mol. The third kappa shape index (κ3) is 1.93. The molecule has 4 nitrogen and oxygen atoms in total. The van der Waals surface area contributed by atoms with Crippen molar-refractivity contribution in [2.24, 2.45) is 0 Å². The van der Waals surface area contributed by atoms with Crippen molar-refractivity contribution >= 4 is 0 Å². The summed E-state index contributed by atoms with van der Waals surface area (Å²) in [4.78, 5) is 13.2. The Kier molecular flexibility index (Phi) is 2.68. The van der Waals surface area contributed by atoms with Gasteiger partial charge in [0, 0.05) is 5.56 Å². The van der Waals surface area contributed by atoms with Crippen LogP contribution in [0.25, 0.3) is 22.4 Å². The Morgan fingerprint density at radius 2 is 1.37 bits per heavy atom. The maximum absolute atomic E-state index is 12.2. The van der Waals surface area contributed by atoms with Gasteiger partial charge in [-0.25, -0.2) is 0 Å². The Labute approximate surface area is 110 Å². The molecule has 0 radical (unpaired) electrons. The van der Waals surface area contributed by atoms with Crippen LogP contribution < -0.4 is 11.4 Å². The van der Waals surface area contributed by atoms with Crippen molar-refractivity contribution < 1.29 is 0 Å². The van der Waals surface area contributed by atoms with E-state index in [1.165, 1.54) is 0 Å². The van der Waals surface area contributed by atoms with Crippen molar-refractivity contribution in [2.75, 3.05) is 5.84 Å². The Hall–Kier alpha value is -2.75. The second-order valence-corrected chi connectivity index (χ2v) is 4.27. The molecule has 3 rings (SSSR count). The van der Waals surface area contributed by atoms with Crippen molar-refractivity contribution in [3.63, 3.8) is 0 Å². The van der Waals surface area contributed by atoms with E-state index in [9.17, 15) is 4.79 Å². The van der Waals surface area contributed by atoms with Crippen LogP contribution in [0.1, 0.15) is 0 Å². The molecule has 0 aliphatic carbocycles. The fourth-order valence-electron chi connectivity index (χ4n) is 2.14. The molecule has 3 aromatic rings. The van der Waals surface area contributed by atoms with Gasteiger partial charge in [0.2, 0.25) is 0 Å². The van der Waals surface area contributed by atoms with E-state index in [1.54, 1.807) is 0 Å². The molecule has 0 atom stereocenters. The number of hydrogen-bond acceptors (Lipinski definition) is 2. The zero-order chi connectivity index (χ0) is 13.2. The number of aromatic nitrogens is 2. The van der Waals surface area contributed by atoms with E-state index in [1.807, 2.05) is 60.7 Å². The normalized spacial score (nSPS) is 10.5. The number of H-pyrrole nitrogens is 1.